The molecule has 10 rings (SSSR count). The van der Waals surface area contributed by atoms with Crippen LogP contribution in [0.5, 0.6) is 11.5 Å². The van der Waals surface area contributed by atoms with Gasteiger partial charge in [-0.2, -0.15) is 0 Å². The van der Waals surface area contributed by atoms with Gasteiger partial charge in [0.1, 0.15) is 11.5 Å². The van der Waals surface area contributed by atoms with Crippen molar-refractivity contribution in [1.82, 2.24) is 0 Å². The molecule has 0 bridgehead atoms. The summed E-state index contributed by atoms with van der Waals surface area (Å²) in [5, 5.41) is 9.84. The van der Waals surface area contributed by atoms with Crippen molar-refractivity contribution in [2.45, 2.75) is 0 Å². The Hall–Kier alpha value is -6.18. The fraction of sp³-hybridized carbons (Fsp3) is 0. The fourth-order valence-corrected chi connectivity index (χ4v) is 7.83. The van der Waals surface area contributed by atoms with Gasteiger partial charge >= 0.3 is 0 Å². The van der Waals surface area contributed by atoms with Crippen molar-refractivity contribution in [2.75, 3.05) is 0 Å². The van der Waals surface area contributed by atoms with Crippen molar-refractivity contribution < 1.29 is 4.74 Å². The van der Waals surface area contributed by atoms with E-state index in [4.69, 9.17) is 4.74 Å². The van der Waals surface area contributed by atoms with Crippen LogP contribution in [-0.4, -0.2) is 0 Å². The molecule has 0 N–H and O–H groups in total. The maximum atomic E-state index is 6.49. The van der Waals surface area contributed by atoms with E-state index in [-0.39, 0.29) is 0 Å². The summed E-state index contributed by atoms with van der Waals surface area (Å²) in [6.45, 7) is 0. The summed E-state index contributed by atoms with van der Waals surface area (Å²) in [5.41, 5.74) is 9.78. The minimum atomic E-state index is 0.897. The Kier molecular flexibility index (Phi) is 5.64. The predicted octanol–water partition coefficient (Wildman–Crippen LogP) is 13.1. The molecule has 1 aliphatic rings. The van der Waals surface area contributed by atoms with E-state index in [1.165, 1.54) is 82.0 Å². The molecule has 1 heteroatoms. The molecule has 0 saturated carbocycles. The highest BCUT2D eigenvalue weighted by Crippen LogP contribution is 2.51. The quantitative estimate of drug-likeness (QED) is 0.184. The molecule has 0 radical (unpaired) electrons. The van der Waals surface area contributed by atoms with Crippen molar-refractivity contribution in [2.24, 2.45) is 0 Å². The van der Waals surface area contributed by atoms with E-state index in [1.54, 1.807) is 0 Å². The highest BCUT2D eigenvalue weighted by atomic mass is 16.5. The first-order valence-electron chi connectivity index (χ1n) is 16.2. The molecule has 9 aromatic carbocycles. The van der Waals surface area contributed by atoms with Crippen LogP contribution in [-0.2, 0) is 0 Å². The Bertz CT molecular complexity index is 2640. The van der Waals surface area contributed by atoms with E-state index in [0.717, 1.165) is 17.1 Å². The molecule has 0 saturated heterocycles. The van der Waals surface area contributed by atoms with Crippen molar-refractivity contribution in [3.05, 3.63) is 170 Å². The van der Waals surface area contributed by atoms with E-state index >= 15 is 0 Å². The predicted molar refractivity (Wildman–Crippen MR) is 198 cm³/mol. The summed E-state index contributed by atoms with van der Waals surface area (Å²) in [6.07, 6.45) is 0. The van der Waals surface area contributed by atoms with Gasteiger partial charge in [-0.05, 0) is 94.8 Å². The van der Waals surface area contributed by atoms with Crippen LogP contribution < -0.4 is 4.74 Å². The number of rotatable bonds is 3. The third-order valence-electron chi connectivity index (χ3n) is 9.84. The lowest BCUT2D eigenvalue weighted by Crippen LogP contribution is -1.98. The zero-order valence-electron chi connectivity index (χ0n) is 25.6. The van der Waals surface area contributed by atoms with Gasteiger partial charge in [0.05, 0.1) is 0 Å². The minimum absolute atomic E-state index is 0.897. The van der Waals surface area contributed by atoms with Crippen LogP contribution in [0.2, 0.25) is 0 Å². The van der Waals surface area contributed by atoms with Gasteiger partial charge < -0.3 is 4.74 Å². The Morgan fingerprint density at radius 2 is 0.915 bits per heavy atom. The second-order valence-electron chi connectivity index (χ2n) is 12.4. The van der Waals surface area contributed by atoms with Crippen molar-refractivity contribution in [3.63, 3.8) is 0 Å². The molecule has 0 aromatic heterocycles. The van der Waals surface area contributed by atoms with Gasteiger partial charge in [0.25, 0.3) is 0 Å². The molecule has 1 heterocycles. The average Bonchev–Trinajstić information content (AvgIpc) is 3.14. The van der Waals surface area contributed by atoms with E-state index in [1.807, 2.05) is 0 Å². The number of benzene rings is 9. The summed E-state index contributed by atoms with van der Waals surface area (Å²) < 4.78 is 6.49. The maximum Gasteiger partial charge on any atom is 0.135 e. The second-order valence-corrected chi connectivity index (χ2v) is 12.4. The summed E-state index contributed by atoms with van der Waals surface area (Å²) in [6, 6.07) is 61.6. The fourth-order valence-electron chi connectivity index (χ4n) is 7.83. The molecule has 0 amide bonds. The van der Waals surface area contributed by atoms with Crippen molar-refractivity contribution in [3.8, 4) is 56.0 Å². The standard InChI is InChI=1S/C46H28O/c1-2-12-29(13-3-1)34-26-24-30-14-4-5-17-33(30)45(34)46-37-20-8-6-18-35(37)43(36-19-7-9-21-38(36)46)32-25-27-41-40(28-32)39-22-10-15-31-16-11-23-42(47-41)44(31)39/h1-28H. The third-order valence-corrected chi connectivity index (χ3v) is 9.84. The molecule has 218 valence electrons. The van der Waals surface area contributed by atoms with Crippen LogP contribution in [0.25, 0.3) is 87.6 Å². The van der Waals surface area contributed by atoms with Gasteiger partial charge in [0.2, 0.25) is 0 Å². The molecule has 47 heavy (non-hydrogen) atoms. The van der Waals surface area contributed by atoms with Crippen LogP contribution in [0, 0.1) is 0 Å². The largest absolute Gasteiger partial charge is 0.456 e. The number of fused-ring (bicyclic) bond motifs is 5. The second kappa shape index (κ2) is 10.2. The van der Waals surface area contributed by atoms with Gasteiger partial charge in [-0.25, -0.2) is 0 Å². The number of hydrogen-bond donors (Lipinski definition) is 0. The Labute approximate surface area is 272 Å². The summed E-state index contributed by atoms with van der Waals surface area (Å²) >= 11 is 0. The summed E-state index contributed by atoms with van der Waals surface area (Å²) in [4.78, 5) is 0. The van der Waals surface area contributed by atoms with Crippen LogP contribution in [0.4, 0.5) is 0 Å². The van der Waals surface area contributed by atoms with Crippen LogP contribution in [0.3, 0.4) is 0 Å². The lowest BCUT2D eigenvalue weighted by Gasteiger charge is -2.23. The molecule has 0 unspecified atom stereocenters. The third kappa shape index (κ3) is 3.90. The Balaban J connectivity index is 1.31. The summed E-state index contributed by atoms with van der Waals surface area (Å²) in [7, 11) is 0. The number of hydrogen-bond acceptors (Lipinski definition) is 1. The lowest BCUT2D eigenvalue weighted by atomic mass is 9.81. The van der Waals surface area contributed by atoms with Crippen molar-refractivity contribution in [1.29, 1.82) is 0 Å². The monoisotopic (exact) mass is 596 g/mol. The molecule has 0 aliphatic carbocycles. The van der Waals surface area contributed by atoms with Crippen LogP contribution >= 0.6 is 0 Å². The smallest absolute Gasteiger partial charge is 0.135 e. The highest BCUT2D eigenvalue weighted by Gasteiger charge is 2.24. The Morgan fingerprint density at radius 1 is 0.298 bits per heavy atom. The van der Waals surface area contributed by atoms with Gasteiger partial charge in [0.15, 0.2) is 0 Å². The minimum Gasteiger partial charge on any atom is -0.456 e. The van der Waals surface area contributed by atoms with Gasteiger partial charge in [-0.15, -0.1) is 0 Å². The molecule has 0 fully saturated rings. The molecule has 1 aliphatic heterocycles. The van der Waals surface area contributed by atoms with E-state index < -0.39 is 0 Å². The molecule has 0 spiro atoms. The van der Waals surface area contributed by atoms with Crippen LogP contribution in [0.15, 0.2) is 170 Å². The first kappa shape index (κ1) is 26.1. The number of ether oxygens (including phenoxy) is 1. The zero-order valence-corrected chi connectivity index (χ0v) is 25.6. The van der Waals surface area contributed by atoms with E-state index in [9.17, 15) is 0 Å². The molecular weight excluding hydrogens is 569 g/mol. The van der Waals surface area contributed by atoms with Gasteiger partial charge in [-0.3, -0.25) is 0 Å². The van der Waals surface area contributed by atoms with Gasteiger partial charge in [0, 0.05) is 10.9 Å². The topological polar surface area (TPSA) is 9.23 Å². The lowest BCUT2D eigenvalue weighted by molar-refractivity contribution is 0.487. The normalized spacial score (nSPS) is 12.0. The highest BCUT2D eigenvalue weighted by molar-refractivity contribution is 6.25. The van der Waals surface area contributed by atoms with Gasteiger partial charge in [-0.1, -0.05) is 152 Å². The molecule has 9 aromatic rings. The van der Waals surface area contributed by atoms with E-state index in [0.29, 0.717) is 0 Å². The SMILES string of the molecule is c1ccc(-c2ccc3ccccc3c2-c2c3ccccc3c(-c3ccc4c(c3)-c3cccc5cccc(c35)O4)c3ccccc23)cc1. The first-order chi connectivity index (χ1) is 23.3. The molecule has 0 atom stereocenters. The van der Waals surface area contributed by atoms with E-state index in [2.05, 4.69) is 170 Å². The average molecular weight is 597 g/mol. The summed E-state index contributed by atoms with van der Waals surface area (Å²) in [5.74, 6) is 1.82. The zero-order chi connectivity index (χ0) is 30.9. The molecule has 1 nitrogen and oxygen atoms in total. The van der Waals surface area contributed by atoms with Crippen molar-refractivity contribution >= 4 is 43.1 Å². The first-order valence-corrected chi connectivity index (χ1v) is 16.2. The Morgan fingerprint density at radius 3 is 1.66 bits per heavy atom. The maximum absolute atomic E-state index is 6.49. The molecular formula is C46H28O. The van der Waals surface area contributed by atoms with Crippen LogP contribution in [0.1, 0.15) is 0 Å².